The van der Waals surface area contributed by atoms with E-state index < -0.39 is 0 Å². The van der Waals surface area contributed by atoms with Crippen LogP contribution in [0.15, 0.2) is 35.9 Å². The number of benzene rings is 1. The fourth-order valence-corrected chi connectivity index (χ4v) is 2.52. The Bertz CT molecular complexity index is 480. The lowest BCUT2D eigenvalue weighted by atomic mass is 9.97. The molecule has 1 aromatic carbocycles. The van der Waals surface area contributed by atoms with Gasteiger partial charge < -0.3 is 10.1 Å². The smallest absolute Gasteiger partial charge is 0.224 e. The number of methoxy groups -OCH3 is 1. The second kappa shape index (κ2) is 7.73. The normalized spacial score (nSPS) is 14.6. The molecule has 1 N–H and O–H groups in total. The van der Waals surface area contributed by atoms with Crippen molar-refractivity contribution in [3.8, 4) is 5.75 Å². The molecule has 0 radical (unpaired) electrons. The molecule has 0 unspecified atom stereocenters. The zero-order valence-electron chi connectivity index (χ0n) is 12.2. The summed E-state index contributed by atoms with van der Waals surface area (Å²) in [6.45, 7) is 0.745. The monoisotopic (exact) mass is 273 g/mol. The van der Waals surface area contributed by atoms with Gasteiger partial charge in [-0.3, -0.25) is 4.79 Å². The predicted octanol–water partition coefficient (Wildman–Crippen LogP) is 3.24. The van der Waals surface area contributed by atoms with Crippen LogP contribution in [0.3, 0.4) is 0 Å². The van der Waals surface area contributed by atoms with Gasteiger partial charge in [0.2, 0.25) is 5.91 Å². The summed E-state index contributed by atoms with van der Waals surface area (Å²) in [5.74, 6) is 0.873. The number of carbonyl (C=O) groups is 1. The van der Waals surface area contributed by atoms with Crippen LogP contribution in [0.2, 0.25) is 0 Å². The summed E-state index contributed by atoms with van der Waals surface area (Å²) in [6.07, 6.45) is 8.74. The van der Waals surface area contributed by atoms with E-state index in [2.05, 4.69) is 11.4 Å². The van der Waals surface area contributed by atoms with E-state index in [1.54, 1.807) is 7.11 Å². The quantitative estimate of drug-likeness (QED) is 0.808. The number of ether oxygens (including phenoxy) is 1. The summed E-state index contributed by atoms with van der Waals surface area (Å²) in [4.78, 5) is 11.9. The van der Waals surface area contributed by atoms with Gasteiger partial charge in [0.05, 0.1) is 13.5 Å². The van der Waals surface area contributed by atoms with Crippen molar-refractivity contribution in [2.75, 3.05) is 13.7 Å². The van der Waals surface area contributed by atoms with Crippen molar-refractivity contribution in [3.05, 3.63) is 41.5 Å². The summed E-state index contributed by atoms with van der Waals surface area (Å²) in [6, 6.07) is 7.65. The maximum Gasteiger partial charge on any atom is 0.224 e. The first-order chi connectivity index (χ1) is 9.78. The molecule has 1 aliphatic rings. The number of hydrogen-bond donors (Lipinski definition) is 1. The number of hydrogen-bond acceptors (Lipinski definition) is 2. The standard InChI is InChI=1S/C17H23NO2/c1-20-16-9-5-8-15(12-16)13-17(19)18-11-10-14-6-3-2-4-7-14/h5-6,8-9,12H,2-4,7,10-11,13H2,1H3,(H,18,19). The van der Waals surface area contributed by atoms with Crippen LogP contribution < -0.4 is 10.1 Å². The van der Waals surface area contributed by atoms with Crippen LogP contribution in [-0.2, 0) is 11.2 Å². The molecule has 0 saturated heterocycles. The van der Waals surface area contributed by atoms with Crippen molar-refractivity contribution in [3.63, 3.8) is 0 Å². The van der Waals surface area contributed by atoms with Crippen LogP contribution in [0.5, 0.6) is 5.75 Å². The summed E-state index contributed by atoms with van der Waals surface area (Å²) in [7, 11) is 1.64. The number of carbonyl (C=O) groups excluding carboxylic acids is 1. The SMILES string of the molecule is COc1cccc(CC(=O)NCCC2=CCCCC2)c1. The number of allylic oxidation sites excluding steroid dienone is 1. The Morgan fingerprint density at radius 1 is 1.35 bits per heavy atom. The molecule has 0 aliphatic heterocycles. The first-order valence-corrected chi connectivity index (χ1v) is 7.35. The van der Waals surface area contributed by atoms with Crippen LogP contribution >= 0.6 is 0 Å². The first-order valence-electron chi connectivity index (χ1n) is 7.35. The maximum atomic E-state index is 11.9. The van der Waals surface area contributed by atoms with Gasteiger partial charge in [0.15, 0.2) is 0 Å². The molecule has 1 aliphatic carbocycles. The highest BCUT2D eigenvalue weighted by molar-refractivity contribution is 5.78. The van der Waals surface area contributed by atoms with Crippen molar-refractivity contribution in [2.24, 2.45) is 0 Å². The van der Waals surface area contributed by atoms with Gasteiger partial charge in [-0.05, 0) is 49.8 Å². The van der Waals surface area contributed by atoms with E-state index in [1.807, 2.05) is 24.3 Å². The van der Waals surface area contributed by atoms with E-state index in [0.717, 1.165) is 24.3 Å². The van der Waals surface area contributed by atoms with Gasteiger partial charge in [-0.1, -0.05) is 23.8 Å². The Kier molecular flexibility index (Phi) is 5.66. The Hall–Kier alpha value is -1.77. The summed E-state index contributed by atoms with van der Waals surface area (Å²) < 4.78 is 5.16. The molecule has 3 heteroatoms. The zero-order valence-corrected chi connectivity index (χ0v) is 12.2. The first kappa shape index (κ1) is 14.6. The van der Waals surface area contributed by atoms with E-state index in [-0.39, 0.29) is 5.91 Å². The van der Waals surface area contributed by atoms with Gasteiger partial charge in [0.1, 0.15) is 5.75 Å². The summed E-state index contributed by atoms with van der Waals surface area (Å²) in [5.41, 5.74) is 2.48. The van der Waals surface area contributed by atoms with Crippen LogP contribution in [0.1, 0.15) is 37.7 Å². The second-order valence-electron chi connectivity index (χ2n) is 5.24. The predicted molar refractivity (Wildman–Crippen MR) is 80.9 cm³/mol. The third kappa shape index (κ3) is 4.72. The van der Waals surface area contributed by atoms with Gasteiger partial charge in [0, 0.05) is 6.54 Å². The molecule has 1 aromatic rings. The molecular formula is C17H23NO2. The summed E-state index contributed by atoms with van der Waals surface area (Å²) in [5, 5.41) is 3.00. The summed E-state index contributed by atoms with van der Waals surface area (Å²) >= 11 is 0. The van der Waals surface area contributed by atoms with Gasteiger partial charge in [0.25, 0.3) is 0 Å². The molecule has 0 saturated carbocycles. The fourth-order valence-electron chi connectivity index (χ4n) is 2.52. The highest BCUT2D eigenvalue weighted by Crippen LogP contribution is 2.19. The van der Waals surface area contributed by atoms with Gasteiger partial charge >= 0.3 is 0 Å². The lowest BCUT2D eigenvalue weighted by Crippen LogP contribution is -2.26. The van der Waals surface area contributed by atoms with Crippen molar-refractivity contribution in [1.29, 1.82) is 0 Å². The topological polar surface area (TPSA) is 38.3 Å². The van der Waals surface area contributed by atoms with Crippen molar-refractivity contribution < 1.29 is 9.53 Å². The van der Waals surface area contributed by atoms with Gasteiger partial charge in [-0.2, -0.15) is 0 Å². The van der Waals surface area contributed by atoms with Crippen LogP contribution in [0.4, 0.5) is 0 Å². The Morgan fingerprint density at radius 2 is 2.25 bits per heavy atom. The van der Waals surface area contributed by atoms with Crippen LogP contribution in [0, 0.1) is 0 Å². The second-order valence-corrected chi connectivity index (χ2v) is 5.24. The average molecular weight is 273 g/mol. The van der Waals surface area contributed by atoms with Crippen molar-refractivity contribution >= 4 is 5.91 Å². The molecule has 1 amide bonds. The average Bonchev–Trinajstić information content (AvgIpc) is 2.48. The van der Waals surface area contributed by atoms with E-state index in [0.29, 0.717) is 6.42 Å². The molecular weight excluding hydrogens is 250 g/mol. The molecule has 0 spiro atoms. The molecule has 0 aromatic heterocycles. The largest absolute Gasteiger partial charge is 0.497 e. The minimum absolute atomic E-state index is 0.0784. The van der Waals surface area contributed by atoms with Crippen molar-refractivity contribution in [2.45, 2.75) is 38.5 Å². The number of amides is 1. The van der Waals surface area contributed by atoms with Gasteiger partial charge in [-0.25, -0.2) is 0 Å². The van der Waals surface area contributed by atoms with E-state index in [1.165, 1.54) is 31.3 Å². The number of rotatable bonds is 6. The lowest BCUT2D eigenvalue weighted by molar-refractivity contribution is -0.120. The number of nitrogens with one attached hydrogen (secondary N) is 1. The van der Waals surface area contributed by atoms with Crippen LogP contribution in [-0.4, -0.2) is 19.6 Å². The van der Waals surface area contributed by atoms with E-state index >= 15 is 0 Å². The van der Waals surface area contributed by atoms with E-state index in [4.69, 9.17) is 4.74 Å². The molecule has 20 heavy (non-hydrogen) atoms. The molecule has 2 rings (SSSR count). The minimum Gasteiger partial charge on any atom is -0.497 e. The highest BCUT2D eigenvalue weighted by atomic mass is 16.5. The zero-order chi connectivity index (χ0) is 14.2. The molecule has 0 heterocycles. The minimum atomic E-state index is 0.0784. The maximum absolute atomic E-state index is 11.9. The lowest BCUT2D eigenvalue weighted by Gasteiger charge is -2.13. The fraction of sp³-hybridized carbons (Fsp3) is 0.471. The van der Waals surface area contributed by atoms with Crippen LogP contribution in [0.25, 0.3) is 0 Å². The molecule has 108 valence electrons. The third-order valence-electron chi connectivity index (χ3n) is 3.65. The Morgan fingerprint density at radius 3 is 3.00 bits per heavy atom. The molecule has 0 atom stereocenters. The highest BCUT2D eigenvalue weighted by Gasteiger charge is 2.06. The van der Waals surface area contributed by atoms with Gasteiger partial charge in [-0.15, -0.1) is 0 Å². The van der Waals surface area contributed by atoms with E-state index in [9.17, 15) is 4.79 Å². The Balaban J connectivity index is 1.73. The molecule has 0 fully saturated rings. The van der Waals surface area contributed by atoms with Crippen molar-refractivity contribution in [1.82, 2.24) is 5.32 Å². The Labute approximate surface area is 121 Å². The third-order valence-corrected chi connectivity index (χ3v) is 3.65. The molecule has 0 bridgehead atoms. The molecule has 3 nitrogen and oxygen atoms in total.